The fourth-order valence-corrected chi connectivity index (χ4v) is 3.14. The fraction of sp³-hybridized carbons (Fsp3) is 0.400. The minimum absolute atomic E-state index is 0.0653. The second-order valence-electron chi connectivity index (χ2n) is 6.29. The molecule has 2 heterocycles. The topological polar surface area (TPSA) is 55.7 Å². The number of anilines is 1. The largest absolute Gasteiger partial charge is 0.378 e. The van der Waals surface area contributed by atoms with Gasteiger partial charge in [0.25, 0.3) is 5.69 Å². The Morgan fingerprint density at radius 2 is 2.00 bits per heavy atom. The number of carbonyl (C=O) groups is 1. The van der Waals surface area contributed by atoms with E-state index in [-0.39, 0.29) is 5.91 Å². The van der Waals surface area contributed by atoms with Crippen molar-refractivity contribution in [3.05, 3.63) is 59.9 Å². The van der Waals surface area contributed by atoms with Crippen LogP contribution < -0.4 is 15.2 Å². The molecule has 132 valence electrons. The molecule has 0 spiro atoms. The van der Waals surface area contributed by atoms with Crippen molar-refractivity contribution in [2.75, 3.05) is 37.7 Å². The van der Waals surface area contributed by atoms with Gasteiger partial charge in [0.2, 0.25) is 0 Å². The van der Waals surface area contributed by atoms with Gasteiger partial charge in [0.05, 0.1) is 13.2 Å². The summed E-state index contributed by atoms with van der Waals surface area (Å²) in [7, 11) is 0. The van der Waals surface area contributed by atoms with Crippen LogP contribution in [-0.2, 0) is 4.74 Å². The van der Waals surface area contributed by atoms with E-state index in [1.54, 1.807) is 0 Å². The molecule has 1 atom stereocenters. The highest BCUT2D eigenvalue weighted by atomic mass is 16.5. The van der Waals surface area contributed by atoms with Crippen LogP contribution in [0.1, 0.15) is 35.3 Å². The Hall–Kier alpha value is -2.40. The minimum Gasteiger partial charge on any atom is -0.378 e. The van der Waals surface area contributed by atoms with Gasteiger partial charge in [0.1, 0.15) is 0 Å². The molecule has 25 heavy (non-hydrogen) atoms. The number of aromatic amines is 1. The van der Waals surface area contributed by atoms with Crippen LogP contribution in [0.3, 0.4) is 0 Å². The molecule has 1 amide bonds. The number of benzene rings is 1. The van der Waals surface area contributed by atoms with Crippen LogP contribution in [0.25, 0.3) is 0 Å². The Bertz CT molecular complexity index is 684. The quantitative estimate of drug-likeness (QED) is 0.878. The summed E-state index contributed by atoms with van der Waals surface area (Å²) < 4.78 is 5.39. The Morgan fingerprint density at radius 3 is 2.72 bits per heavy atom. The van der Waals surface area contributed by atoms with E-state index >= 15 is 0 Å². The lowest BCUT2D eigenvalue weighted by Gasteiger charge is -2.28. The summed E-state index contributed by atoms with van der Waals surface area (Å²) in [6, 6.07) is 14.3. The standard InChI is InChI=1S/C20H25N3O2/c1-2-16(17-6-4-3-5-7-17)15-22-20(24)19-14-18(8-9-21-19)23-10-12-25-13-11-23/h3-9,14,16H,2,10-13,15H2,1H3,(H,22,24)/p+1/t16-/m1/s1. The molecule has 1 aromatic heterocycles. The summed E-state index contributed by atoms with van der Waals surface area (Å²) in [5.74, 6) is 0.261. The lowest BCUT2D eigenvalue weighted by Crippen LogP contribution is -2.37. The number of amides is 1. The number of morpholine rings is 1. The molecule has 5 nitrogen and oxygen atoms in total. The molecular weight excluding hydrogens is 314 g/mol. The van der Waals surface area contributed by atoms with E-state index in [4.69, 9.17) is 4.74 Å². The van der Waals surface area contributed by atoms with Crippen molar-refractivity contribution >= 4 is 11.6 Å². The Morgan fingerprint density at radius 1 is 1.24 bits per heavy atom. The zero-order chi connectivity index (χ0) is 17.5. The van der Waals surface area contributed by atoms with Gasteiger partial charge in [-0.1, -0.05) is 37.3 Å². The molecule has 0 unspecified atom stereocenters. The number of nitrogens with one attached hydrogen (secondary N) is 2. The summed E-state index contributed by atoms with van der Waals surface area (Å²) in [6.07, 6.45) is 2.82. The lowest BCUT2D eigenvalue weighted by molar-refractivity contribution is -0.382. The number of hydrogen-bond donors (Lipinski definition) is 1. The van der Waals surface area contributed by atoms with Crippen LogP contribution in [0.4, 0.5) is 5.69 Å². The normalized spacial score (nSPS) is 15.6. The van der Waals surface area contributed by atoms with Gasteiger partial charge >= 0.3 is 5.91 Å². The van der Waals surface area contributed by atoms with Crippen molar-refractivity contribution in [3.8, 4) is 0 Å². The van der Waals surface area contributed by atoms with E-state index in [1.807, 2.05) is 36.5 Å². The molecule has 1 fully saturated rings. The Labute approximate surface area is 149 Å². The highest BCUT2D eigenvalue weighted by Gasteiger charge is 2.19. The first-order chi connectivity index (χ1) is 12.3. The lowest BCUT2D eigenvalue weighted by atomic mass is 9.96. The second-order valence-corrected chi connectivity index (χ2v) is 6.29. The van der Waals surface area contributed by atoms with Crippen LogP contribution >= 0.6 is 0 Å². The number of pyridine rings is 1. The molecule has 1 saturated heterocycles. The average molecular weight is 340 g/mol. The monoisotopic (exact) mass is 340 g/mol. The Kier molecular flexibility index (Phi) is 6.01. The van der Waals surface area contributed by atoms with E-state index in [0.717, 1.165) is 38.4 Å². The van der Waals surface area contributed by atoms with Crippen LogP contribution in [0.2, 0.25) is 0 Å². The molecule has 2 aromatic rings. The summed E-state index contributed by atoms with van der Waals surface area (Å²) in [6.45, 7) is 5.96. The first kappa shape index (κ1) is 17.4. The van der Waals surface area contributed by atoms with Crippen LogP contribution in [0.5, 0.6) is 0 Å². The van der Waals surface area contributed by atoms with Gasteiger partial charge in [-0.15, -0.1) is 0 Å². The van der Waals surface area contributed by atoms with Gasteiger partial charge in [0.15, 0.2) is 6.20 Å². The third-order valence-electron chi connectivity index (χ3n) is 4.68. The van der Waals surface area contributed by atoms with Crippen LogP contribution in [-0.4, -0.2) is 38.8 Å². The van der Waals surface area contributed by atoms with Gasteiger partial charge < -0.3 is 15.0 Å². The molecule has 2 N–H and O–H groups in total. The molecule has 0 aliphatic carbocycles. The maximum absolute atomic E-state index is 12.5. The SMILES string of the molecule is CC[C@H](CNC(=O)c1cc(N2CCOCC2)cc[nH+]1)c1ccccc1. The van der Waals surface area contributed by atoms with Crippen molar-refractivity contribution in [2.45, 2.75) is 19.3 Å². The first-order valence-electron chi connectivity index (χ1n) is 8.95. The predicted molar refractivity (Wildman–Crippen MR) is 97.8 cm³/mol. The zero-order valence-corrected chi connectivity index (χ0v) is 14.7. The molecule has 1 aliphatic rings. The molecule has 0 bridgehead atoms. The highest BCUT2D eigenvalue weighted by Crippen LogP contribution is 2.18. The maximum atomic E-state index is 12.5. The molecular formula is C20H26N3O2+. The second kappa shape index (κ2) is 8.62. The van der Waals surface area contributed by atoms with E-state index < -0.39 is 0 Å². The van der Waals surface area contributed by atoms with Gasteiger partial charge in [-0.2, -0.15) is 0 Å². The van der Waals surface area contributed by atoms with Crippen LogP contribution in [0.15, 0.2) is 48.7 Å². The number of H-pyrrole nitrogens is 1. The van der Waals surface area contributed by atoms with Gasteiger partial charge in [0, 0.05) is 43.4 Å². The number of carbonyl (C=O) groups excluding carboxylic acids is 1. The first-order valence-corrected chi connectivity index (χ1v) is 8.95. The number of aromatic nitrogens is 1. The van der Waals surface area contributed by atoms with Crippen molar-refractivity contribution < 1.29 is 14.5 Å². The molecule has 0 saturated carbocycles. The summed E-state index contributed by atoms with van der Waals surface area (Å²) in [5, 5.41) is 3.07. The summed E-state index contributed by atoms with van der Waals surface area (Å²) in [4.78, 5) is 17.8. The molecule has 1 aromatic carbocycles. The predicted octanol–water partition coefficient (Wildman–Crippen LogP) is 2.26. The molecule has 1 aliphatic heterocycles. The van der Waals surface area contributed by atoms with Crippen molar-refractivity contribution in [1.82, 2.24) is 5.32 Å². The number of hydrogen-bond acceptors (Lipinski definition) is 3. The van der Waals surface area contributed by atoms with Crippen LogP contribution in [0, 0.1) is 0 Å². The number of nitrogens with zero attached hydrogens (tertiary/aromatic N) is 1. The number of rotatable bonds is 6. The Balaban J connectivity index is 1.63. The minimum atomic E-state index is -0.0653. The average Bonchev–Trinajstić information content (AvgIpc) is 2.70. The van der Waals surface area contributed by atoms with Gasteiger partial charge in [-0.05, 0) is 12.0 Å². The smallest absolute Gasteiger partial charge is 0.316 e. The van der Waals surface area contributed by atoms with E-state index in [9.17, 15) is 4.79 Å². The van der Waals surface area contributed by atoms with E-state index in [2.05, 4.69) is 34.3 Å². The number of ether oxygens (including phenoxy) is 1. The third kappa shape index (κ3) is 4.57. The highest BCUT2D eigenvalue weighted by molar-refractivity contribution is 5.91. The fourth-order valence-electron chi connectivity index (χ4n) is 3.14. The van der Waals surface area contributed by atoms with E-state index in [0.29, 0.717) is 18.2 Å². The summed E-state index contributed by atoms with van der Waals surface area (Å²) in [5.41, 5.74) is 2.91. The van der Waals surface area contributed by atoms with Crippen molar-refractivity contribution in [3.63, 3.8) is 0 Å². The maximum Gasteiger partial charge on any atom is 0.316 e. The van der Waals surface area contributed by atoms with Crippen molar-refractivity contribution in [2.24, 2.45) is 0 Å². The zero-order valence-electron chi connectivity index (χ0n) is 14.7. The van der Waals surface area contributed by atoms with Gasteiger partial charge in [-0.25, -0.2) is 4.98 Å². The molecule has 5 heteroatoms. The third-order valence-corrected chi connectivity index (χ3v) is 4.68. The molecule has 0 radical (unpaired) electrons. The van der Waals surface area contributed by atoms with Crippen molar-refractivity contribution in [1.29, 1.82) is 0 Å². The summed E-state index contributed by atoms with van der Waals surface area (Å²) >= 11 is 0. The molecule has 3 rings (SSSR count). The van der Waals surface area contributed by atoms with E-state index in [1.165, 1.54) is 5.56 Å². The van der Waals surface area contributed by atoms with Gasteiger partial charge in [-0.3, -0.25) is 4.79 Å².